The van der Waals surface area contributed by atoms with Crippen LogP contribution in [0.3, 0.4) is 0 Å². The maximum absolute atomic E-state index is 12.6. The molecule has 0 saturated carbocycles. The number of esters is 2. The zero-order valence-electron chi connectivity index (χ0n) is 35.1. The molecule has 0 heterocycles. The fourth-order valence-corrected chi connectivity index (χ4v) is 5.32. The van der Waals surface area contributed by atoms with Gasteiger partial charge in [-0.05, 0) is 83.5 Å². The highest BCUT2D eigenvalue weighted by atomic mass is 16.6. The molecule has 8 nitrogen and oxygen atoms in total. The highest BCUT2D eigenvalue weighted by molar-refractivity contribution is 5.72. The number of allylic oxidation sites excluding steroid dienone is 16. The summed E-state index contributed by atoms with van der Waals surface area (Å²) in [6.07, 6.45) is 49.0. The number of carboxylic acids is 1. The number of carbonyl (C=O) groups is 3. The van der Waals surface area contributed by atoms with E-state index in [1.165, 1.54) is 0 Å². The second-order valence-electron chi connectivity index (χ2n) is 14.5. The van der Waals surface area contributed by atoms with Gasteiger partial charge in [0.05, 0.1) is 34.4 Å². The molecule has 0 aliphatic carbocycles. The first-order chi connectivity index (χ1) is 26.6. The Morgan fingerprint density at radius 3 is 1.45 bits per heavy atom. The van der Waals surface area contributed by atoms with Crippen LogP contribution >= 0.6 is 0 Å². The number of unbranched alkanes of at least 4 members (excludes halogenated alkanes) is 5. The van der Waals surface area contributed by atoms with Crippen molar-refractivity contribution in [3.63, 3.8) is 0 Å². The predicted molar refractivity (Wildman–Crippen MR) is 229 cm³/mol. The van der Waals surface area contributed by atoms with Gasteiger partial charge in [0.2, 0.25) is 0 Å². The molecule has 0 amide bonds. The van der Waals surface area contributed by atoms with Gasteiger partial charge in [-0.25, -0.2) is 4.79 Å². The number of ether oxygens (including phenoxy) is 3. The number of carbonyl (C=O) groups excluding carboxylic acids is 2. The lowest BCUT2D eigenvalue weighted by atomic mass is 10.1. The summed E-state index contributed by atoms with van der Waals surface area (Å²) in [5.41, 5.74) is 0. The minimum absolute atomic E-state index is 0.0258. The van der Waals surface area contributed by atoms with E-state index >= 15 is 0 Å². The molecule has 55 heavy (non-hydrogen) atoms. The Morgan fingerprint density at radius 2 is 0.982 bits per heavy atom. The molecule has 0 spiro atoms. The van der Waals surface area contributed by atoms with Gasteiger partial charge in [-0.1, -0.05) is 124 Å². The molecule has 0 saturated heterocycles. The van der Waals surface area contributed by atoms with Crippen LogP contribution in [0.5, 0.6) is 0 Å². The number of likely N-dealkylation sites (N-methyl/N-ethyl adjacent to an activating group) is 1. The molecule has 0 aromatic heterocycles. The van der Waals surface area contributed by atoms with E-state index in [1.54, 1.807) is 0 Å². The molecule has 310 valence electrons. The third-order valence-electron chi connectivity index (χ3n) is 8.48. The molecule has 0 bridgehead atoms. The van der Waals surface area contributed by atoms with Crippen molar-refractivity contribution in [3.8, 4) is 0 Å². The van der Waals surface area contributed by atoms with Gasteiger partial charge >= 0.3 is 17.9 Å². The number of nitrogens with zero attached hydrogens (tertiary/aromatic N) is 1. The van der Waals surface area contributed by atoms with Crippen molar-refractivity contribution in [2.24, 2.45) is 0 Å². The van der Waals surface area contributed by atoms with Crippen molar-refractivity contribution in [2.75, 3.05) is 41.0 Å². The predicted octanol–water partition coefficient (Wildman–Crippen LogP) is 11.1. The molecule has 0 aromatic rings. The lowest BCUT2D eigenvalue weighted by Crippen LogP contribution is -2.50. The molecule has 0 radical (unpaired) electrons. The molecule has 0 aromatic carbocycles. The normalized spacial score (nSPS) is 14.0. The Kier molecular flexibility index (Phi) is 34.7. The van der Waals surface area contributed by atoms with Gasteiger partial charge < -0.3 is 23.8 Å². The van der Waals surface area contributed by atoms with E-state index in [-0.39, 0.29) is 42.7 Å². The van der Waals surface area contributed by atoms with Crippen molar-refractivity contribution in [1.82, 2.24) is 0 Å². The molecule has 2 unspecified atom stereocenters. The fourth-order valence-electron chi connectivity index (χ4n) is 5.32. The monoisotopic (exact) mass is 767 g/mol. The molecule has 0 fully saturated rings. The standard InChI is InChI=1S/C47H75NO7/c1-6-8-10-12-14-16-18-19-20-21-22-23-24-25-26-28-29-31-33-35-37-45(49)54-42-43(41-53-40-39-44(47(51)52)48(3,4)5)55-46(50)38-36-34-32-30-27-17-15-13-11-9-7-2/h8-11,14-17,19-20,22-23,25-26,30,32,43-44H,6-7,12-13,18,21,24,27-29,31,33-42H2,1-5H3/p+1/b10-8+,11-9+,16-14+,17-15+,20-19+,23-22+,26-25+,32-30+. The minimum atomic E-state index is -0.892. The third-order valence-corrected chi connectivity index (χ3v) is 8.48. The zero-order valence-corrected chi connectivity index (χ0v) is 35.1. The number of hydrogen-bond acceptors (Lipinski definition) is 6. The molecular formula is C47H76NO7+. The molecule has 0 aliphatic heterocycles. The van der Waals surface area contributed by atoms with Crippen LogP contribution < -0.4 is 0 Å². The van der Waals surface area contributed by atoms with Gasteiger partial charge in [-0.15, -0.1) is 0 Å². The third kappa shape index (κ3) is 35.7. The van der Waals surface area contributed by atoms with Gasteiger partial charge in [0.15, 0.2) is 12.1 Å². The lowest BCUT2D eigenvalue weighted by Gasteiger charge is -2.31. The first kappa shape index (κ1) is 51.2. The summed E-state index contributed by atoms with van der Waals surface area (Å²) in [5.74, 6) is -1.59. The Labute approximate surface area is 335 Å². The van der Waals surface area contributed by atoms with Crippen LogP contribution in [0.25, 0.3) is 0 Å². The molecule has 2 atom stereocenters. The second kappa shape index (κ2) is 37.2. The highest BCUT2D eigenvalue weighted by Gasteiger charge is 2.31. The summed E-state index contributed by atoms with van der Waals surface area (Å²) in [7, 11) is 5.48. The van der Waals surface area contributed by atoms with E-state index in [1.807, 2.05) is 21.1 Å². The van der Waals surface area contributed by atoms with Crippen LogP contribution in [0.1, 0.15) is 129 Å². The van der Waals surface area contributed by atoms with Gasteiger partial charge in [-0.2, -0.15) is 0 Å². The van der Waals surface area contributed by atoms with Crippen molar-refractivity contribution < 1.29 is 38.2 Å². The number of aliphatic carboxylic acids is 1. The van der Waals surface area contributed by atoms with Crippen molar-refractivity contribution in [1.29, 1.82) is 0 Å². The van der Waals surface area contributed by atoms with E-state index in [0.29, 0.717) is 19.3 Å². The van der Waals surface area contributed by atoms with E-state index in [2.05, 4.69) is 111 Å². The lowest BCUT2D eigenvalue weighted by molar-refractivity contribution is -0.887. The molecule has 0 rings (SSSR count). The van der Waals surface area contributed by atoms with Crippen molar-refractivity contribution in [2.45, 2.75) is 142 Å². The summed E-state index contributed by atoms with van der Waals surface area (Å²) in [6.45, 7) is 4.38. The smallest absolute Gasteiger partial charge is 0.362 e. The molecule has 8 heteroatoms. The summed E-state index contributed by atoms with van der Waals surface area (Å²) in [4.78, 5) is 36.8. The Hall–Kier alpha value is -3.75. The van der Waals surface area contributed by atoms with E-state index < -0.39 is 18.1 Å². The molecular weight excluding hydrogens is 691 g/mol. The summed E-state index contributed by atoms with van der Waals surface area (Å²) in [6, 6.07) is -0.632. The van der Waals surface area contributed by atoms with Crippen molar-refractivity contribution >= 4 is 17.9 Å². The van der Waals surface area contributed by atoms with E-state index in [0.717, 1.165) is 89.9 Å². The average molecular weight is 767 g/mol. The van der Waals surface area contributed by atoms with Crippen LogP contribution in [-0.2, 0) is 28.6 Å². The maximum atomic E-state index is 12.6. The minimum Gasteiger partial charge on any atom is -0.477 e. The Morgan fingerprint density at radius 1 is 0.545 bits per heavy atom. The summed E-state index contributed by atoms with van der Waals surface area (Å²) in [5, 5.41) is 9.60. The van der Waals surface area contributed by atoms with Gasteiger partial charge in [0.25, 0.3) is 0 Å². The quantitative estimate of drug-likeness (QED) is 0.0297. The first-order valence-corrected chi connectivity index (χ1v) is 20.8. The number of rotatable bonds is 35. The highest BCUT2D eigenvalue weighted by Crippen LogP contribution is 2.11. The summed E-state index contributed by atoms with van der Waals surface area (Å²) < 4.78 is 17.1. The Balaban J connectivity index is 4.45. The first-order valence-electron chi connectivity index (χ1n) is 20.8. The van der Waals surface area contributed by atoms with Crippen LogP contribution in [0.4, 0.5) is 0 Å². The van der Waals surface area contributed by atoms with Gasteiger partial charge in [-0.3, -0.25) is 9.59 Å². The number of carboxylic acid groups (broad SMARTS) is 1. The average Bonchev–Trinajstić information content (AvgIpc) is 3.14. The van der Waals surface area contributed by atoms with Crippen LogP contribution in [-0.4, -0.2) is 80.6 Å². The van der Waals surface area contributed by atoms with E-state index in [9.17, 15) is 19.5 Å². The zero-order chi connectivity index (χ0) is 40.7. The summed E-state index contributed by atoms with van der Waals surface area (Å²) >= 11 is 0. The van der Waals surface area contributed by atoms with Crippen LogP contribution in [0.15, 0.2) is 97.2 Å². The van der Waals surface area contributed by atoms with E-state index in [4.69, 9.17) is 14.2 Å². The molecule has 0 aliphatic rings. The maximum Gasteiger partial charge on any atom is 0.362 e. The van der Waals surface area contributed by atoms with Gasteiger partial charge in [0, 0.05) is 19.3 Å². The fraction of sp³-hybridized carbons (Fsp3) is 0.596. The largest absolute Gasteiger partial charge is 0.477 e. The van der Waals surface area contributed by atoms with Crippen molar-refractivity contribution in [3.05, 3.63) is 97.2 Å². The Bertz CT molecular complexity index is 1220. The second-order valence-corrected chi connectivity index (χ2v) is 14.5. The van der Waals surface area contributed by atoms with Gasteiger partial charge in [0.1, 0.15) is 6.61 Å². The van der Waals surface area contributed by atoms with Crippen LogP contribution in [0, 0.1) is 0 Å². The number of hydrogen-bond donors (Lipinski definition) is 1. The topological polar surface area (TPSA) is 99.1 Å². The number of quaternary nitrogens is 1. The molecule has 1 N–H and O–H groups in total. The SMILES string of the molecule is CC/C=C/C/C=C/C/C=C/C/C=C/C/C=C/CCCCCCC(=O)OCC(COCCC(C(=O)O)[N+](C)(C)C)OC(=O)CCC/C=C/C/C=C/C/C=C/CC. The van der Waals surface area contributed by atoms with Crippen LogP contribution in [0.2, 0.25) is 0 Å².